The number of anilines is 1. The fourth-order valence-corrected chi connectivity index (χ4v) is 2.70. The lowest BCUT2D eigenvalue weighted by atomic mass is 9.94. The van der Waals surface area contributed by atoms with Crippen molar-refractivity contribution < 1.29 is 13.2 Å². The van der Waals surface area contributed by atoms with Crippen LogP contribution in [0.3, 0.4) is 0 Å². The van der Waals surface area contributed by atoms with Crippen molar-refractivity contribution in [2.45, 2.75) is 27.2 Å². The van der Waals surface area contributed by atoms with Gasteiger partial charge in [0.15, 0.2) is 0 Å². The van der Waals surface area contributed by atoms with Crippen LogP contribution in [0.4, 0.5) is 5.95 Å². The topological polar surface area (TPSA) is 81.2 Å². The Morgan fingerprint density at radius 3 is 2.53 bits per heavy atom. The predicted octanol–water partition coefficient (Wildman–Crippen LogP) is 2.32. The number of methoxy groups -OCH3 is 1. The van der Waals surface area contributed by atoms with Gasteiger partial charge in [-0.25, -0.2) is 13.4 Å². The molecule has 1 N–H and O–H groups in total. The van der Waals surface area contributed by atoms with E-state index in [0.29, 0.717) is 6.42 Å². The number of sulfonamides is 1. The summed E-state index contributed by atoms with van der Waals surface area (Å²) in [6.07, 6.45) is 0.528. The molecule has 0 aliphatic carbocycles. The number of rotatable bonds is 5. The van der Waals surface area contributed by atoms with Crippen LogP contribution >= 0.6 is 11.6 Å². The highest BCUT2D eigenvalue weighted by Gasteiger charge is 2.18. The Balaban J connectivity index is 2.81. The number of aromatic nitrogens is 2. The minimum absolute atomic E-state index is 0.00527. The molecular formula is C11H18ClN3O3S. The number of nitrogens with zero attached hydrogens (tertiary/aromatic N) is 2. The van der Waals surface area contributed by atoms with Crippen LogP contribution in [-0.2, 0) is 10.0 Å². The molecule has 1 aromatic heterocycles. The van der Waals surface area contributed by atoms with E-state index in [1.54, 1.807) is 0 Å². The Kier molecular flexibility index (Phi) is 4.98. The molecule has 0 fully saturated rings. The Hall–Kier alpha value is -1.08. The lowest BCUT2D eigenvalue weighted by Crippen LogP contribution is -2.22. The Labute approximate surface area is 118 Å². The van der Waals surface area contributed by atoms with Crippen molar-refractivity contribution in [2.24, 2.45) is 5.41 Å². The van der Waals surface area contributed by atoms with Gasteiger partial charge < -0.3 is 4.74 Å². The zero-order valence-electron chi connectivity index (χ0n) is 11.4. The van der Waals surface area contributed by atoms with E-state index in [9.17, 15) is 8.42 Å². The number of ether oxygens (including phenoxy) is 1. The molecule has 0 aromatic carbocycles. The third-order valence-corrected chi connectivity index (χ3v) is 3.68. The molecule has 0 aliphatic rings. The van der Waals surface area contributed by atoms with E-state index in [1.165, 1.54) is 13.2 Å². The normalized spacial score (nSPS) is 12.3. The number of halogens is 1. The van der Waals surface area contributed by atoms with Gasteiger partial charge in [-0.1, -0.05) is 32.4 Å². The van der Waals surface area contributed by atoms with E-state index in [-0.39, 0.29) is 28.1 Å². The van der Waals surface area contributed by atoms with Crippen LogP contribution in [0.2, 0.25) is 5.15 Å². The quantitative estimate of drug-likeness (QED) is 0.844. The standard InChI is InChI=1S/C11H18ClN3O3S/c1-11(2,3)5-6-19(16,17)15-10-13-8(12)7-9(14-10)18-4/h7H,5-6H2,1-4H3,(H,13,14,15). The number of hydrogen-bond acceptors (Lipinski definition) is 5. The van der Waals surface area contributed by atoms with Crippen molar-refractivity contribution in [3.05, 3.63) is 11.2 Å². The minimum Gasteiger partial charge on any atom is -0.481 e. The van der Waals surface area contributed by atoms with Crippen LogP contribution in [0.15, 0.2) is 6.07 Å². The van der Waals surface area contributed by atoms with Crippen LogP contribution in [-0.4, -0.2) is 31.2 Å². The smallest absolute Gasteiger partial charge is 0.241 e. The first kappa shape index (κ1) is 16.0. The van der Waals surface area contributed by atoms with Crippen LogP contribution in [0.1, 0.15) is 27.2 Å². The summed E-state index contributed by atoms with van der Waals surface area (Å²) in [4.78, 5) is 7.67. The van der Waals surface area contributed by atoms with Gasteiger partial charge in [-0.2, -0.15) is 4.98 Å². The van der Waals surface area contributed by atoms with Crippen LogP contribution in [0, 0.1) is 5.41 Å². The number of nitrogens with one attached hydrogen (secondary N) is 1. The zero-order valence-corrected chi connectivity index (χ0v) is 13.0. The first-order valence-electron chi connectivity index (χ1n) is 5.70. The van der Waals surface area contributed by atoms with Crippen molar-refractivity contribution in [3.8, 4) is 5.88 Å². The average molecular weight is 308 g/mol. The maximum absolute atomic E-state index is 11.9. The molecule has 1 aromatic rings. The Morgan fingerprint density at radius 2 is 2.00 bits per heavy atom. The first-order valence-corrected chi connectivity index (χ1v) is 7.73. The molecule has 0 saturated carbocycles. The van der Waals surface area contributed by atoms with E-state index in [2.05, 4.69) is 14.7 Å². The molecule has 0 aliphatic heterocycles. The van der Waals surface area contributed by atoms with Crippen LogP contribution < -0.4 is 9.46 Å². The van der Waals surface area contributed by atoms with Gasteiger partial charge in [0.05, 0.1) is 12.9 Å². The molecule has 8 heteroatoms. The summed E-state index contributed by atoms with van der Waals surface area (Å²) >= 11 is 5.74. The summed E-state index contributed by atoms with van der Waals surface area (Å²) in [7, 11) is -2.09. The summed E-state index contributed by atoms with van der Waals surface area (Å²) in [5.74, 6) is 0.112. The van der Waals surface area contributed by atoms with Crippen molar-refractivity contribution in [3.63, 3.8) is 0 Å². The molecule has 0 atom stereocenters. The van der Waals surface area contributed by atoms with E-state index in [1.807, 2.05) is 20.8 Å². The molecule has 19 heavy (non-hydrogen) atoms. The lowest BCUT2D eigenvalue weighted by molar-refractivity contribution is 0.396. The molecule has 0 unspecified atom stereocenters. The molecule has 6 nitrogen and oxygen atoms in total. The number of hydrogen-bond donors (Lipinski definition) is 1. The second-order valence-electron chi connectivity index (χ2n) is 5.29. The van der Waals surface area contributed by atoms with Crippen LogP contribution in [0.25, 0.3) is 0 Å². The summed E-state index contributed by atoms with van der Waals surface area (Å²) in [6.45, 7) is 5.92. The summed E-state index contributed by atoms with van der Waals surface area (Å²) in [6, 6.07) is 1.40. The maximum atomic E-state index is 11.9. The molecular weight excluding hydrogens is 290 g/mol. The summed E-state index contributed by atoms with van der Waals surface area (Å²) < 4.78 is 31.0. The summed E-state index contributed by atoms with van der Waals surface area (Å²) in [5, 5.41) is 0.111. The zero-order chi connectivity index (χ0) is 14.7. The average Bonchev–Trinajstić information content (AvgIpc) is 2.24. The fourth-order valence-electron chi connectivity index (χ4n) is 1.18. The highest BCUT2D eigenvalue weighted by atomic mass is 35.5. The fraction of sp³-hybridized carbons (Fsp3) is 0.636. The minimum atomic E-state index is -3.50. The van der Waals surface area contributed by atoms with Crippen molar-refractivity contribution in [1.82, 2.24) is 9.97 Å². The Morgan fingerprint density at radius 1 is 1.37 bits per heavy atom. The van der Waals surface area contributed by atoms with Gasteiger partial charge in [0, 0.05) is 6.07 Å². The largest absolute Gasteiger partial charge is 0.481 e. The second kappa shape index (κ2) is 5.92. The molecule has 108 valence electrons. The van der Waals surface area contributed by atoms with Gasteiger partial charge in [0.2, 0.25) is 21.9 Å². The molecule has 1 heterocycles. The highest BCUT2D eigenvalue weighted by Crippen LogP contribution is 2.20. The summed E-state index contributed by atoms with van der Waals surface area (Å²) in [5.41, 5.74) is -0.0678. The SMILES string of the molecule is COc1cc(Cl)nc(NS(=O)(=O)CCC(C)(C)C)n1. The van der Waals surface area contributed by atoms with Crippen molar-refractivity contribution in [1.29, 1.82) is 0 Å². The van der Waals surface area contributed by atoms with Crippen molar-refractivity contribution in [2.75, 3.05) is 17.6 Å². The monoisotopic (exact) mass is 307 g/mol. The Bertz CT molecular complexity index is 541. The van der Waals surface area contributed by atoms with Crippen LogP contribution in [0.5, 0.6) is 5.88 Å². The predicted molar refractivity (Wildman–Crippen MR) is 75.1 cm³/mol. The maximum Gasteiger partial charge on any atom is 0.241 e. The van der Waals surface area contributed by atoms with E-state index in [4.69, 9.17) is 16.3 Å². The van der Waals surface area contributed by atoms with E-state index < -0.39 is 10.0 Å². The van der Waals surface area contributed by atoms with Crippen molar-refractivity contribution >= 4 is 27.6 Å². The van der Waals surface area contributed by atoms with Gasteiger partial charge in [0.1, 0.15) is 5.15 Å². The molecule has 1 rings (SSSR count). The third-order valence-electron chi connectivity index (χ3n) is 2.25. The van der Waals surface area contributed by atoms with Gasteiger partial charge in [-0.3, -0.25) is 4.72 Å². The van der Waals surface area contributed by atoms with Gasteiger partial charge in [-0.15, -0.1) is 0 Å². The van der Waals surface area contributed by atoms with Gasteiger partial charge in [-0.05, 0) is 11.8 Å². The first-order chi connectivity index (χ1) is 8.61. The third kappa shape index (κ3) is 6.07. The van der Waals surface area contributed by atoms with Gasteiger partial charge >= 0.3 is 0 Å². The molecule has 0 spiro atoms. The van der Waals surface area contributed by atoms with E-state index >= 15 is 0 Å². The van der Waals surface area contributed by atoms with Gasteiger partial charge in [0.25, 0.3) is 0 Å². The molecule has 0 saturated heterocycles. The highest BCUT2D eigenvalue weighted by molar-refractivity contribution is 7.92. The lowest BCUT2D eigenvalue weighted by Gasteiger charge is -2.17. The molecule has 0 bridgehead atoms. The molecule has 0 amide bonds. The molecule has 0 radical (unpaired) electrons. The van der Waals surface area contributed by atoms with E-state index in [0.717, 1.165) is 0 Å². The second-order valence-corrected chi connectivity index (χ2v) is 7.52.